The van der Waals surface area contributed by atoms with E-state index in [-0.39, 0.29) is 5.82 Å². The van der Waals surface area contributed by atoms with Crippen molar-refractivity contribution in [2.45, 2.75) is 6.42 Å². The van der Waals surface area contributed by atoms with E-state index in [2.05, 4.69) is 16.9 Å². The molecule has 0 atom stereocenters. The third kappa shape index (κ3) is 5.12. The minimum atomic E-state index is -0.331. The molecule has 1 aromatic heterocycles. The number of nitrogens with zero attached hydrogens (tertiary/aromatic N) is 1. The molecule has 0 aliphatic carbocycles. The molecule has 0 amide bonds. The quantitative estimate of drug-likeness (QED) is 0.553. The fraction of sp³-hybridized carbons (Fsp3) is 0.364. The van der Waals surface area contributed by atoms with Crippen molar-refractivity contribution < 1.29 is 9.13 Å². The molecule has 0 spiro atoms. The van der Waals surface area contributed by atoms with Gasteiger partial charge in [0.2, 0.25) is 0 Å². The number of rotatable bonds is 7. The maximum Gasteiger partial charge on any atom is 0.141 e. The first kappa shape index (κ1) is 11.7. The van der Waals surface area contributed by atoms with Crippen LogP contribution < -0.4 is 5.32 Å². The first-order chi connectivity index (χ1) is 7.33. The molecule has 3 nitrogen and oxygen atoms in total. The van der Waals surface area contributed by atoms with Gasteiger partial charge in [-0.15, -0.1) is 6.58 Å². The van der Waals surface area contributed by atoms with E-state index in [1.54, 1.807) is 6.07 Å². The van der Waals surface area contributed by atoms with E-state index in [1.165, 1.54) is 12.3 Å². The highest BCUT2D eigenvalue weighted by Gasteiger charge is 1.93. The van der Waals surface area contributed by atoms with Gasteiger partial charge in [-0.3, -0.25) is 0 Å². The number of nitrogens with one attached hydrogen (secondary N) is 1. The van der Waals surface area contributed by atoms with Crippen LogP contribution in [0.2, 0.25) is 0 Å². The summed E-state index contributed by atoms with van der Waals surface area (Å²) >= 11 is 0. The standard InChI is InChI=1S/C11H15FN2O/c1-2-3-7-15-8-6-13-11-5-4-10(12)9-14-11/h2,4-5,9H,1,3,6-8H2,(H,13,14). The van der Waals surface area contributed by atoms with E-state index in [4.69, 9.17) is 4.74 Å². The van der Waals surface area contributed by atoms with Gasteiger partial charge in [0, 0.05) is 6.54 Å². The van der Waals surface area contributed by atoms with Crippen molar-refractivity contribution in [3.8, 4) is 0 Å². The van der Waals surface area contributed by atoms with E-state index in [9.17, 15) is 4.39 Å². The third-order valence-electron chi connectivity index (χ3n) is 1.75. The van der Waals surface area contributed by atoms with Gasteiger partial charge in [0.25, 0.3) is 0 Å². The maximum atomic E-state index is 12.5. The second kappa shape index (κ2) is 6.95. The van der Waals surface area contributed by atoms with Crippen LogP contribution in [0, 0.1) is 5.82 Å². The number of hydrogen-bond acceptors (Lipinski definition) is 3. The zero-order chi connectivity index (χ0) is 10.9. The fourth-order valence-electron chi connectivity index (χ4n) is 1.00. The molecule has 82 valence electrons. The molecule has 1 heterocycles. The van der Waals surface area contributed by atoms with Gasteiger partial charge in [0.05, 0.1) is 19.4 Å². The average Bonchev–Trinajstić information content (AvgIpc) is 2.26. The smallest absolute Gasteiger partial charge is 0.141 e. The van der Waals surface area contributed by atoms with Crippen LogP contribution in [0.3, 0.4) is 0 Å². The summed E-state index contributed by atoms with van der Waals surface area (Å²) in [7, 11) is 0. The molecule has 0 saturated heterocycles. The summed E-state index contributed by atoms with van der Waals surface area (Å²) in [5.74, 6) is 0.325. The second-order valence-electron chi connectivity index (χ2n) is 2.98. The minimum absolute atomic E-state index is 0.331. The average molecular weight is 210 g/mol. The van der Waals surface area contributed by atoms with Crippen LogP contribution in [0.5, 0.6) is 0 Å². The predicted molar refractivity (Wildman–Crippen MR) is 58.3 cm³/mol. The Balaban J connectivity index is 2.09. The summed E-state index contributed by atoms with van der Waals surface area (Å²) in [6.45, 7) is 5.54. The van der Waals surface area contributed by atoms with E-state index in [0.717, 1.165) is 6.42 Å². The van der Waals surface area contributed by atoms with Gasteiger partial charge in [-0.05, 0) is 18.6 Å². The lowest BCUT2D eigenvalue weighted by atomic mass is 10.4. The molecule has 15 heavy (non-hydrogen) atoms. The van der Waals surface area contributed by atoms with Gasteiger partial charge in [-0.2, -0.15) is 0 Å². The Morgan fingerprint density at radius 2 is 2.33 bits per heavy atom. The van der Waals surface area contributed by atoms with Crippen LogP contribution in [0.4, 0.5) is 10.2 Å². The van der Waals surface area contributed by atoms with E-state index in [0.29, 0.717) is 25.6 Å². The highest BCUT2D eigenvalue weighted by atomic mass is 19.1. The Morgan fingerprint density at radius 3 is 3.00 bits per heavy atom. The second-order valence-corrected chi connectivity index (χ2v) is 2.98. The largest absolute Gasteiger partial charge is 0.379 e. The normalized spacial score (nSPS) is 9.93. The summed E-state index contributed by atoms with van der Waals surface area (Å²) < 4.78 is 17.8. The van der Waals surface area contributed by atoms with Crippen molar-refractivity contribution in [2.75, 3.05) is 25.1 Å². The van der Waals surface area contributed by atoms with Gasteiger partial charge in [-0.1, -0.05) is 6.08 Å². The third-order valence-corrected chi connectivity index (χ3v) is 1.75. The van der Waals surface area contributed by atoms with Crippen molar-refractivity contribution in [3.63, 3.8) is 0 Å². The van der Waals surface area contributed by atoms with E-state index < -0.39 is 0 Å². The maximum absolute atomic E-state index is 12.5. The number of aromatic nitrogens is 1. The molecule has 0 aliphatic heterocycles. The van der Waals surface area contributed by atoms with Gasteiger partial charge >= 0.3 is 0 Å². The summed E-state index contributed by atoms with van der Waals surface area (Å²) in [5, 5.41) is 3.02. The molecular weight excluding hydrogens is 195 g/mol. The highest BCUT2D eigenvalue weighted by molar-refractivity contribution is 5.33. The lowest BCUT2D eigenvalue weighted by molar-refractivity contribution is 0.149. The lowest BCUT2D eigenvalue weighted by Crippen LogP contribution is -2.10. The van der Waals surface area contributed by atoms with Gasteiger partial charge < -0.3 is 10.1 Å². The van der Waals surface area contributed by atoms with Crippen molar-refractivity contribution in [1.29, 1.82) is 0 Å². The molecule has 1 N–H and O–H groups in total. The molecule has 0 fully saturated rings. The SMILES string of the molecule is C=CCCOCCNc1ccc(F)cn1. The number of hydrogen-bond donors (Lipinski definition) is 1. The van der Waals surface area contributed by atoms with Crippen molar-refractivity contribution in [3.05, 3.63) is 36.8 Å². The number of ether oxygens (including phenoxy) is 1. The zero-order valence-electron chi connectivity index (χ0n) is 8.58. The van der Waals surface area contributed by atoms with Crippen LogP contribution in [0.1, 0.15) is 6.42 Å². The van der Waals surface area contributed by atoms with E-state index >= 15 is 0 Å². The molecule has 0 aromatic carbocycles. The first-order valence-corrected chi connectivity index (χ1v) is 4.87. The molecule has 0 saturated carbocycles. The molecule has 1 rings (SSSR count). The molecule has 0 bridgehead atoms. The lowest BCUT2D eigenvalue weighted by Gasteiger charge is -2.05. The Bertz CT molecular complexity index is 287. The summed E-state index contributed by atoms with van der Waals surface area (Å²) in [6, 6.07) is 2.97. The topological polar surface area (TPSA) is 34.1 Å². The highest BCUT2D eigenvalue weighted by Crippen LogP contribution is 2.02. The van der Waals surface area contributed by atoms with Gasteiger partial charge in [0.1, 0.15) is 11.6 Å². The van der Waals surface area contributed by atoms with Crippen LogP contribution in [-0.2, 0) is 4.74 Å². The zero-order valence-corrected chi connectivity index (χ0v) is 8.58. The molecule has 0 radical (unpaired) electrons. The summed E-state index contributed by atoms with van der Waals surface area (Å²) in [4.78, 5) is 3.85. The Hall–Kier alpha value is -1.42. The Kier molecular flexibility index (Phi) is 5.40. The van der Waals surface area contributed by atoms with Crippen LogP contribution in [0.25, 0.3) is 0 Å². The Morgan fingerprint density at radius 1 is 1.47 bits per heavy atom. The minimum Gasteiger partial charge on any atom is -0.379 e. The molecule has 1 aromatic rings. The summed E-state index contributed by atoms with van der Waals surface area (Å²) in [5.41, 5.74) is 0. The van der Waals surface area contributed by atoms with Crippen molar-refractivity contribution in [2.24, 2.45) is 0 Å². The predicted octanol–water partition coefficient (Wildman–Crippen LogP) is 2.23. The van der Waals surface area contributed by atoms with Crippen LogP contribution in [-0.4, -0.2) is 24.7 Å². The number of pyridine rings is 1. The fourth-order valence-corrected chi connectivity index (χ4v) is 1.00. The van der Waals surface area contributed by atoms with Crippen LogP contribution in [0.15, 0.2) is 31.0 Å². The monoisotopic (exact) mass is 210 g/mol. The van der Waals surface area contributed by atoms with Crippen LogP contribution >= 0.6 is 0 Å². The molecule has 0 aliphatic rings. The summed E-state index contributed by atoms with van der Waals surface area (Å²) in [6.07, 6.45) is 3.85. The molecular formula is C11H15FN2O. The number of halogens is 1. The first-order valence-electron chi connectivity index (χ1n) is 4.87. The van der Waals surface area contributed by atoms with Crippen molar-refractivity contribution >= 4 is 5.82 Å². The van der Waals surface area contributed by atoms with Crippen molar-refractivity contribution in [1.82, 2.24) is 4.98 Å². The number of anilines is 1. The van der Waals surface area contributed by atoms with Gasteiger partial charge in [-0.25, -0.2) is 9.37 Å². The molecule has 0 unspecified atom stereocenters. The Labute approximate surface area is 89.0 Å². The molecule has 4 heteroatoms. The van der Waals surface area contributed by atoms with E-state index in [1.807, 2.05) is 6.08 Å². The van der Waals surface area contributed by atoms with Gasteiger partial charge in [0.15, 0.2) is 0 Å².